The van der Waals surface area contributed by atoms with Crippen LogP contribution in [0.1, 0.15) is 17.4 Å². The van der Waals surface area contributed by atoms with Crippen LogP contribution in [0.5, 0.6) is 0 Å². The quantitative estimate of drug-likeness (QED) is 0.635. The van der Waals surface area contributed by atoms with E-state index in [0.717, 1.165) is 0 Å². The molecule has 1 atom stereocenters. The number of nitrogens with zero attached hydrogens (tertiary/aromatic N) is 3. The van der Waals surface area contributed by atoms with Crippen molar-refractivity contribution in [3.05, 3.63) is 18.2 Å². The van der Waals surface area contributed by atoms with Gasteiger partial charge in [0, 0.05) is 19.3 Å². The Morgan fingerprint density at radius 1 is 1.58 bits per heavy atom. The Bertz CT molecular complexity index is 524. The molecule has 0 aliphatic carbocycles. The fourth-order valence-electron chi connectivity index (χ4n) is 1.85. The monoisotopic (exact) mass is 265 g/mol. The number of imidazole rings is 1. The molecule has 1 fully saturated rings. The summed E-state index contributed by atoms with van der Waals surface area (Å²) in [6.07, 6.45) is 3.05. The Morgan fingerprint density at radius 2 is 2.32 bits per heavy atom. The summed E-state index contributed by atoms with van der Waals surface area (Å²) in [5, 5.41) is 2.18. The number of imide groups is 1. The first kappa shape index (κ1) is 13.2. The van der Waals surface area contributed by atoms with E-state index in [9.17, 15) is 14.4 Å². The Morgan fingerprint density at radius 3 is 3.00 bits per heavy atom. The van der Waals surface area contributed by atoms with Crippen LogP contribution in [0.25, 0.3) is 0 Å². The van der Waals surface area contributed by atoms with Gasteiger partial charge >= 0.3 is 0 Å². The standard InChI is InChI=1S/C11H15N5O3/c1-7-10(18)14-9(17)5-16(7)11(19)8-4-15(3-2-12)6-13-8/h4,6-7H,2-3,5,12H2,1H3,(H,14,17,18). The van der Waals surface area contributed by atoms with E-state index >= 15 is 0 Å². The third-order valence-corrected chi connectivity index (χ3v) is 2.92. The number of carbonyl (C=O) groups excluding carboxylic acids is 3. The average molecular weight is 265 g/mol. The van der Waals surface area contributed by atoms with Crippen LogP contribution in [0.15, 0.2) is 12.5 Å². The molecule has 1 aromatic rings. The number of nitrogens with one attached hydrogen (secondary N) is 1. The highest BCUT2D eigenvalue weighted by Gasteiger charge is 2.34. The minimum Gasteiger partial charge on any atom is -0.335 e. The lowest BCUT2D eigenvalue weighted by atomic mass is 10.2. The zero-order valence-corrected chi connectivity index (χ0v) is 10.5. The van der Waals surface area contributed by atoms with Gasteiger partial charge in [-0.15, -0.1) is 0 Å². The number of hydrogen-bond acceptors (Lipinski definition) is 5. The molecule has 2 heterocycles. The van der Waals surface area contributed by atoms with Crippen LogP contribution in [-0.2, 0) is 16.1 Å². The molecule has 8 heteroatoms. The minimum atomic E-state index is -0.690. The number of aromatic nitrogens is 2. The highest BCUT2D eigenvalue weighted by molar-refractivity contribution is 6.06. The first-order valence-electron chi connectivity index (χ1n) is 5.89. The van der Waals surface area contributed by atoms with Crippen molar-refractivity contribution < 1.29 is 14.4 Å². The number of carbonyl (C=O) groups is 3. The topological polar surface area (TPSA) is 110 Å². The largest absolute Gasteiger partial charge is 0.335 e. The maximum atomic E-state index is 12.2. The summed E-state index contributed by atoms with van der Waals surface area (Å²) >= 11 is 0. The molecular formula is C11H15N5O3. The Balaban J connectivity index is 2.17. The van der Waals surface area contributed by atoms with E-state index < -0.39 is 23.8 Å². The summed E-state index contributed by atoms with van der Waals surface area (Å²) in [7, 11) is 0. The molecule has 102 valence electrons. The van der Waals surface area contributed by atoms with Crippen LogP contribution < -0.4 is 11.1 Å². The number of rotatable bonds is 3. The Labute approximate surface area is 109 Å². The molecule has 0 bridgehead atoms. The summed E-state index contributed by atoms with van der Waals surface area (Å²) in [6.45, 7) is 2.41. The van der Waals surface area contributed by atoms with Gasteiger partial charge in [0.05, 0.1) is 6.33 Å². The minimum absolute atomic E-state index is 0.143. The van der Waals surface area contributed by atoms with E-state index in [1.807, 2.05) is 0 Å². The van der Waals surface area contributed by atoms with Gasteiger partial charge < -0.3 is 15.2 Å². The van der Waals surface area contributed by atoms with Crippen molar-refractivity contribution in [2.24, 2.45) is 5.73 Å². The van der Waals surface area contributed by atoms with Gasteiger partial charge in [-0.2, -0.15) is 0 Å². The van der Waals surface area contributed by atoms with E-state index in [-0.39, 0.29) is 12.2 Å². The molecule has 0 spiro atoms. The van der Waals surface area contributed by atoms with Crippen molar-refractivity contribution in [2.75, 3.05) is 13.1 Å². The molecule has 19 heavy (non-hydrogen) atoms. The normalized spacial score (nSPS) is 19.5. The molecule has 3 amide bonds. The molecule has 1 aromatic heterocycles. The van der Waals surface area contributed by atoms with E-state index in [4.69, 9.17) is 5.73 Å². The molecule has 0 aromatic carbocycles. The van der Waals surface area contributed by atoms with Gasteiger partial charge in [-0.3, -0.25) is 19.7 Å². The van der Waals surface area contributed by atoms with Crippen molar-refractivity contribution in [1.29, 1.82) is 0 Å². The zero-order chi connectivity index (χ0) is 14.0. The Kier molecular flexibility index (Phi) is 3.61. The molecule has 2 rings (SSSR count). The van der Waals surface area contributed by atoms with Gasteiger partial charge in [0.25, 0.3) is 5.91 Å². The van der Waals surface area contributed by atoms with Gasteiger partial charge in [0.1, 0.15) is 18.3 Å². The van der Waals surface area contributed by atoms with Crippen LogP contribution >= 0.6 is 0 Å². The summed E-state index contributed by atoms with van der Waals surface area (Å²) in [4.78, 5) is 40.2. The smallest absolute Gasteiger partial charge is 0.275 e. The molecule has 1 aliphatic heterocycles. The van der Waals surface area contributed by atoms with Crippen molar-refractivity contribution in [1.82, 2.24) is 19.8 Å². The van der Waals surface area contributed by atoms with Gasteiger partial charge in [-0.05, 0) is 6.92 Å². The van der Waals surface area contributed by atoms with E-state index in [1.54, 1.807) is 17.7 Å². The summed E-state index contributed by atoms with van der Waals surface area (Å²) in [5.74, 6) is -1.41. The summed E-state index contributed by atoms with van der Waals surface area (Å²) in [5.41, 5.74) is 5.60. The van der Waals surface area contributed by atoms with Crippen molar-refractivity contribution >= 4 is 17.7 Å². The zero-order valence-electron chi connectivity index (χ0n) is 10.5. The van der Waals surface area contributed by atoms with Crippen molar-refractivity contribution in [3.8, 4) is 0 Å². The highest BCUT2D eigenvalue weighted by atomic mass is 16.2. The third-order valence-electron chi connectivity index (χ3n) is 2.92. The second kappa shape index (κ2) is 5.19. The van der Waals surface area contributed by atoms with Gasteiger partial charge in [-0.1, -0.05) is 0 Å². The van der Waals surface area contributed by atoms with Crippen LogP contribution in [0, 0.1) is 0 Å². The molecule has 3 N–H and O–H groups in total. The van der Waals surface area contributed by atoms with Gasteiger partial charge in [0.15, 0.2) is 0 Å². The van der Waals surface area contributed by atoms with Crippen LogP contribution in [-0.4, -0.2) is 51.3 Å². The molecule has 1 unspecified atom stereocenters. The number of piperazine rings is 1. The molecule has 8 nitrogen and oxygen atoms in total. The van der Waals surface area contributed by atoms with Crippen molar-refractivity contribution in [3.63, 3.8) is 0 Å². The lowest BCUT2D eigenvalue weighted by molar-refractivity contribution is -0.138. The maximum Gasteiger partial charge on any atom is 0.275 e. The predicted molar refractivity (Wildman–Crippen MR) is 64.9 cm³/mol. The first-order chi connectivity index (χ1) is 9.02. The van der Waals surface area contributed by atoms with Crippen LogP contribution in [0.2, 0.25) is 0 Å². The number of hydrogen-bond donors (Lipinski definition) is 2. The van der Waals surface area contributed by atoms with E-state index in [0.29, 0.717) is 13.1 Å². The van der Waals surface area contributed by atoms with E-state index in [2.05, 4.69) is 10.3 Å². The fourth-order valence-corrected chi connectivity index (χ4v) is 1.85. The summed E-state index contributed by atoms with van der Waals surface area (Å²) in [6, 6.07) is -0.690. The average Bonchev–Trinajstić information content (AvgIpc) is 2.82. The molecular weight excluding hydrogens is 250 g/mol. The number of nitrogens with two attached hydrogens (primary N) is 1. The van der Waals surface area contributed by atoms with Crippen LogP contribution in [0.3, 0.4) is 0 Å². The van der Waals surface area contributed by atoms with Gasteiger partial charge in [-0.25, -0.2) is 4.98 Å². The second-order valence-corrected chi connectivity index (χ2v) is 4.31. The molecule has 0 saturated carbocycles. The number of amides is 3. The molecule has 1 saturated heterocycles. The second-order valence-electron chi connectivity index (χ2n) is 4.31. The lowest BCUT2D eigenvalue weighted by Crippen LogP contribution is -2.58. The lowest BCUT2D eigenvalue weighted by Gasteiger charge is -2.30. The third kappa shape index (κ3) is 2.63. The Hall–Kier alpha value is -2.22. The van der Waals surface area contributed by atoms with Gasteiger partial charge in [0.2, 0.25) is 11.8 Å². The SMILES string of the molecule is CC1C(=O)NC(=O)CN1C(=O)c1cn(CCN)cn1. The predicted octanol–water partition coefficient (Wildman–Crippen LogP) is -1.67. The summed E-state index contributed by atoms with van der Waals surface area (Å²) < 4.78 is 1.68. The highest BCUT2D eigenvalue weighted by Crippen LogP contribution is 2.10. The molecule has 0 radical (unpaired) electrons. The van der Waals surface area contributed by atoms with Crippen LogP contribution in [0.4, 0.5) is 0 Å². The first-order valence-corrected chi connectivity index (χ1v) is 5.89. The maximum absolute atomic E-state index is 12.2. The fraction of sp³-hybridized carbons (Fsp3) is 0.455. The van der Waals surface area contributed by atoms with Crippen molar-refractivity contribution in [2.45, 2.75) is 19.5 Å². The van der Waals surface area contributed by atoms with E-state index in [1.165, 1.54) is 11.2 Å². The molecule has 1 aliphatic rings.